The largest absolute Gasteiger partial charge is 0.481 e. The molecule has 0 aliphatic carbocycles. The van der Waals surface area contributed by atoms with Crippen molar-refractivity contribution in [1.29, 1.82) is 0 Å². The second-order valence-electron chi connectivity index (χ2n) is 4.98. The van der Waals surface area contributed by atoms with Gasteiger partial charge >= 0.3 is 12.0 Å². The molecule has 0 unspecified atom stereocenters. The number of hydrogen-bond donors (Lipinski definition) is 2. The molecular formula is C16H24N2O4. The number of nitrogens with zero attached hydrogens (tertiary/aromatic N) is 1. The van der Waals surface area contributed by atoms with Gasteiger partial charge in [0, 0.05) is 33.4 Å². The van der Waals surface area contributed by atoms with Gasteiger partial charge in [-0.05, 0) is 18.4 Å². The van der Waals surface area contributed by atoms with Crippen LogP contribution in [0.25, 0.3) is 0 Å². The number of unbranched alkanes of at least 4 members (excludes halogenated alkanes) is 1. The maximum absolute atomic E-state index is 12.2. The first kappa shape index (κ1) is 18.0. The van der Waals surface area contributed by atoms with E-state index in [0.717, 1.165) is 18.4 Å². The molecule has 2 N–H and O–H groups in total. The minimum Gasteiger partial charge on any atom is -0.481 e. The number of carboxylic acids is 1. The first-order valence-corrected chi connectivity index (χ1v) is 7.41. The summed E-state index contributed by atoms with van der Waals surface area (Å²) in [5.74, 6) is -0.921. The minimum atomic E-state index is -0.921. The van der Waals surface area contributed by atoms with Gasteiger partial charge in [-0.25, -0.2) is 4.79 Å². The van der Waals surface area contributed by atoms with Crippen molar-refractivity contribution in [3.63, 3.8) is 0 Å². The molecule has 0 aliphatic rings. The Bertz CT molecular complexity index is 451. The second-order valence-corrected chi connectivity index (χ2v) is 4.98. The molecule has 1 aromatic carbocycles. The molecule has 6 nitrogen and oxygen atoms in total. The monoisotopic (exact) mass is 308 g/mol. The molecule has 0 bridgehead atoms. The van der Waals surface area contributed by atoms with E-state index in [1.807, 2.05) is 30.3 Å². The van der Waals surface area contributed by atoms with Crippen LogP contribution in [-0.2, 0) is 16.1 Å². The molecule has 0 radical (unpaired) electrons. The number of methoxy groups -OCH3 is 1. The van der Waals surface area contributed by atoms with Gasteiger partial charge in [0.05, 0.1) is 6.42 Å². The van der Waals surface area contributed by atoms with Crippen LogP contribution in [0.3, 0.4) is 0 Å². The molecule has 122 valence electrons. The zero-order valence-corrected chi connectivity index (χ0v) is 13.0. The van der Waals surface area contributed by atoms with E-state index in [1.165, 1.54) is 0 Å². The van der Waals surface area contributed by atoms with Crippen molar-refractivity contribution in [2.45, 2.75) is 25.8 Å². The Morgan fingerprint density at radius 2 is 1.95 bits per heavy atom. The SMILES string of the molecule is COCCCCN(Cc1ccccc1)C(=O)NCCC(=O)O. The zero-order valence-electron chi connectivity index (χ0n) is 13.0. The molecule has 1 aromatic rings. The van der Waals surface area contributed by atoms with Gasteiger partial charge in [0.1, 0.15) is 0 Å². The number of urea groups is 1. The maximum Gasteiger partial charge on any atom is 0.317 e. The van der Waals surface area contributed by atoms with Crippen LogP contribution in [0.2, 0.25) is 0 Å². The average molecular weight is 308 g/mol. The summed E-state index contributed by atoms with van der Waals surface area (Å²) in [7, 11) is 1.65. The number of benzene rings is 1. The number of carboxylic acid groups (broad SMARTS) is 1. The van der Waals surface area contributed by atoms with Gasteiger partial charge in [-0.3, -0.25) is 4.79 Å². The van der Waals surface area contributed by atoms with E-state index >= 15 is 0 Å². The Kier molecular flexibility index (Phi) is 8.67. The summed E-state index contributed by atoms with van der Waals surface area (Å²) in [6.45, 7) is 1.92. The molecule has 0 aliphatic heterocycles. The van der Waals surface area contributed by atoms with Gasteiger partial charge in [0.15, 0.2) is 0 Å². The molecule has 0 atom stereocenters. The molecule has 2 amide bonds. The van der Waals surface area contributed by atoms with E-state index in [1.54, 1.807) is 12.0 Å². The number of hydrogen-bond acceptors (Lipinski definition) is 3. The van der Waals surface area contributed by atoms with Crippen LogP contribution in [0, 0.1) is 0 Å². The lowest BCUT2D eigenvalue weighted by Crippen LogP contribution is -2.40. The highest BCUT2D eigenvalue weighted by Gasteiger charge is 2.13. The maximum atomic E-state index is 12.2. The highest BCUT2D eigenvalue weighted by atomic mass is 16.5. The Morgan fingerprint density at radius 1 is 1.23 bits per heavy atom. The molecule has 0 heterocycles. The van der Waals surface area contributed by atoms with Crippen molar-refractivity contribution in [2.75, 3.05) is 26.8 Å². The van der Waals surface area contributed by atoms with Crippen LogP contribution < -0.4 is 5.32 Å². The summed E-state index contributed by atoms with van der Waals surface area (Å²) in [5.41, 5.74) is 1.04. The lowest BCUT2D eigenvalue weighted by Gasteiger charge is -2.23. The summed E-state index contributed by atoms with van der Waals surface area (Å²) in [4.78, 5) is 24.4. The highest BCUT2D eigenvalue weighted by molar-refractivity contribution is 5.75. The lowest BCUT2D eigenvalue weighted by atomic mass is 10.2. The molecule has 6 heteroatoms. The Labute approximate surface area is 131 Å². The van der Waals surface area contributed by atoms with Gasteiger partial charge in [-0.2, -0.15) is 0 Å². The Balaban J connectivity index is 2.52. The molecule has 1 rings (SSSR count). The normalized spacial score (nSPS) is 10.2. The molecule has 22 heavy (non-hydrogen) atoms. The van der Waals surface area contributed by atoms with Gasteiger partial charge < -0.3 is 20.1 Å². The quantitative estimate of drug-likeness (QED) is 0.649. The van der Waals surface area contributed by atoms with Crippen LogP contribution in [0.15, 0.2) is 30.3 Å². The van der Waals surface area contributed by atoms with Crippen molar-refractivity contribution in [3.05, 3.63) is 35.9 Å². The van der Waals surface area contributed by atoms with Crippen molar-refractivity contribution in [2.24, 2.45) is 0 Å². The first-order valence-electron chi connectivity index (χ1n) is 7.41. The molecule has 0 saturated heterocycles. The topological polar surface area (TPSA) is 78.9 Å². The number of carbonyl (C=O) groups is 2. The first-order chi connectivity index (χ1) is 10.6. The fraction of sp³-hybridized carbons (Fsp3) is 0.500. The zero-order chi connectivity index (χ0) is 16.2. The smallest absolute Gasteiger partial charge is 0.317 e. The summed E-state index contributed by atoms with van der Waals surface area (Å²) in [6, 6.07) is 9.49. The van der Waals surface area contributed by atoms with Gasteiger partial charge in [0.25, 0.3) is 0 Å². The third kappa shape index (κ3) is 7.64. The van der Waals surface area contributed by atoms with Crippen molar-refractivity contribution in [3.8, 4) is 0 Å². The second kappa shape index (κ2) is 10.6. The third-order valence-electron chi connectivity index (χ3n) is 3.15. The van der Waals surface area contributed by atoms with Crippen LogP contribution >= 0.6 is 0 Å². The number of aliphatic carboxylic acids is 1. The van der Waals surface area contributed by atoms with Crippen molar-refractivity contribution in [1.82, 2.24) is 10.2 Å². The van der Waals surface area contributed by atoms with Crippen LogP contribution in [-0.4, -0.2) is 48.8 Å². The number of rotatable bonds is 10. The van der Waals surface area contributed by atoms with E-state index in [-0.39, 0.29) is 19.0 Å². The number of nitrogens with one attached hydrogen (secondary N) is 1. The lowest BCUT2D eigenvalue weighted by molar-refractivity contribution is -0.136. The molecular weight excluding hydrogens is 284 g/mol. The number of carbonyl (C=O) groups excluding carboxylic acids is 1. The number of amides is 2. The van der Waals surface area contributed by atoms with E-state index in [0.29, 0.717) is 19.7 Å². The molecule has 0 spiro atoms. The van der Waals surface area contributed by atoms with Crippen molar-refractivity contribution < 1.29 is 19.4 Å². The Hall–Kier alpha value is -2.08. The van der Waals surface area contributed by atoms with E-state index < -0.39 is 5.97 Å². The molecule has 0 aromatic heterocycles. The summed E-state index contributed by atoms with van der Waals surface area (Å²) in [5, 5.41) is 11.3. The van der Waals surface area contributed by atoms with E-state index in [9.17, 15) is 9.59 Å². The average Bonchev–Trinajstić information content (AvgIpc) is 2.51. The minimum absolute atomic E-state index is 0.0748. The van der Waals surface area contributed by atoms with Gasteiger partial charge in [-0.1, -0.05) is 30.3 Å². The fourth-order valence-corrected chi connectivity index (χ4v) is 1.99. The Morgan fingerprint density at radius 3 is 2.59 bits per heavy atom. The third-order valence-corrected chi connectivity index (χ3v) is 3.15. The summed E-state index contributed by atoms with van der Waals surface area (Å²) in [6.07, 6.45) is 1.64. The highest BCUT2D eigenvalue weighted by Crippen LogP contribution is 2.06. The van der Waals surface area contributed by atoms with Crippen LogP contribution in [0.4, 0.5) is 4.79 Å². The van der Waals surface area contributed by atoms with Crippen LogP contribution in [0.1, 0.15) is 24.8 Å². The van der Waals surface area contributed by atoms with Gasteiger partial charge in [0.2, 0.25) is 0 Å². The van der Waals surface area contributed by atoms with E-state index in [4.69, 9.17) is 9.84 Å². The fourth-order valence-electron chi connectivity index (χ4n) is 1.99. The summed E-state index contributed by atoms with van der Waals surface area (Å²) >= 11 is 0. The number of ether oxygens (including phenoxy) is 1. The predicted molar refractivity (Wildman–Crippen MR) is 83.6 cm³/mol. The molecule has 0 fully saturated rings. The van der Waals surface area contributed by atoms with E-state index in [2.05, 4.69) is 5.32 Å². The summed E-state index contributed by atoms with van der Waals surface area (Å²) < 4.78 is 5.01. The van der Waals surface area contributed by atoms with Crippen molar-refractivity contribution >= 4 is 12.0 Å². The van der Waals surface area contributed by atoms with Gasteiger partial charge in [-0.15, -0.1) is 0 Å². The predicted octanol–water partition coefficient (Wildman–Crippen LogP) is 2.10. The van der Waals surface area contributed by atoms with Crippen LogP contribution in [0.5, 0.6) is 0 Å². The standard InChI is InChI=1S/C16H24N2O4/c1-22-12-6-5-11-18(13-14-7-3-2-4-8-14)16(21)17-10-9-15(19)20/h2-4,7-8H,5-6,9-13H2,1H3,(H,17,21)(H,19,20). The molecule has 0 saturated carbocycles.